The zero-order valence-electron chi connectivity index (χ0n) is 15.8. The number of aryl methyl sites for hydroxylation is 2. The van der Waals surface area contributed by atoms with Crippen LogP contribution in [-0.4, -0.2) is 38.2 Å². The minimum atomic E-state index is -0.220. The molecule has 0 fully saturated rings. The normalized spacial score (nSPS) is 12.2. The van der Waals surface area contributed by atoms with E-state index in [1.165, 1.54) is 0 Å². The minimum Gasteiger partial charge on any atom is -0.338 e. The molecule has 0 saturated heterocycles. The van der Waals surface area contributed by atoms with Crippen LogP contribution in [0.25, 0.3) is 0 Å². The SMILES string of the molecule is Cc1ccc(NC(=O)c2ccc(CN(C)C(C)c3nc(C)no3)cc2)nn1. The van der Waals surface area contributed by atoms with Crippen molar-refractivity contribution in [3.05, 3.63) is 64.9 Å². The highest BCUT2D eigenvalue weighted by Gasteiger charge is 2.18. The lowest BCUT2D eigenvalue weighted by Crippen LogP contribution is -2.22. The van der Waals surface area contributed by atoms with Gasteiger partial charge in [0.2, 0.25) is 5.89 Å². The van der Waals surface area contributed by atoms with Crippen LogP contribution in [-0.2, 0) is 6.54 Å². The average molecular weight is 366 g/mol. The van der Waals surface area contributed by atoms with Crippen molar-refractivity contribution in [1.29, 1.82) is 0 Å². The van der Waals surface area contributed by atoms with Gasteiger partial charge in [-0.15, -0.1) is 5.10 Å². The lowest BCUT2D eigenvalue weighted by atomic mass is 10.1. The number of hydrogen-bond donors (Lipinski definition) is 1. The molecule has 3 rings (SSSR count). The number of anilines is 1. The fraction of sp³-hybridized carbons (Fsp3) is 0.316. The maximum Gasteiger partial charge on any atom is 0.256 e. The highest BCUT2D eigenvalue weighted by molar-refractivity contribution is 6.03. The number of nitrogens with zero attached hydrogens (tertiary/aromatic N) is 5. The highest BCUT2D eigenvalue weighted by Crippen LogP contribution is 2.19. The van der Waals surface area contributed by atoms with Gasteiger partial charge in [-0.3, -0.25) is 9.69 Å². The molecule has 1 unspecified atom stereocenters. The molecular weight excluding hydrogens is 344 g/mol. The molecule has 3 aromatic rings. The Morgan fingerprint density at radius 1 is 1.15 bits per heavy atom. The first-order chi connectivity index (χ1) is 12.9. The van der Waals surface area contributed by atoms with Crippen molar-refractivity contribution < 1.29 is 9.32 Å². The molecule has 0 spiro atoms. The van der Waals surface area contributed by atoms with Crippen molar-refractivity contribution in [1.82, 2.24) is 25.2 Å². The highest BCUT2D eigenvalue weighted by atomic mass is 16.5. The number of rotatable bonds is 6. The lowest BCUT2D eigenvalue weighted by molar-refractivity contribution is 0.102. The van der Waals surface area contributed by atoms with E-state index in [0.717, 1.165) is 11.3 Å². The summed E-state index contributed by atoms with van der Waals surface area (Å²) in [5, 5.41) is 14.4. The zero-order chi connectivity index (χ0) is 19.4. The van der Waals surface area contributed by atoms with Gasteiger partial charge in [-0.1, -0.05) is 17.3 Å². The third-order valence-corrected chi connectivity index (χ3v) is 4.25. The van der Waals surface area contributed by atoms with Crippen LogP contribution >= 0.6 is 0 Å². The summed E-state index contributed by atoms with van der Waals surface area (Å²) in [5.41, 5.74) is 2.43. The Kier molecular flexibility index (Phi) is 5.56. The molecule has 0 saturated carbocycles. The summed E-state index contributed by atoms with van der Waals surface area (Å²) < 4.78 is 5.23. The molecular formula is C19H22N6O2. The van der Waals surface area contributed by atoms with Crippen molar-refractivity contribution in [3.8, 4) is 0 Å². The first kappa shape index (κ1) is 18.7. The molecule has 8 nitrogen and oxygen atoms in total. The topological polar surface area (TPSA) is 97.0 Å². The molecule has 1 N–H and O–H groups in total. The van der Waals surface area contributed by atoms with Crippen LogP contribution in [0.2, 0.25) is 0 Å². The van der Waals surface area contributed by atoms with E-state index >= 15 is 0 Å². The molecule has 140 valence electrons. The number of nitrogens with one attached hydrogen (secondary N) is 1. The van der Waals surface area contributed by atoms with Gasteiger partial charge in [0.15, 0.2) is 11.6 Å². The smallest absolute Gasteiger partial charge is 0.256 e. The van der Waals surface area contributed by atoms with Crippen molar-refractivity contribution in [2.45, 2.75) is 33.4 Å². The van der Waals surface area contributed by atoms with E-state index < -0.39 is 0 Å². The second-order valence-corrected chi connectivity index (χ2v) is 6.48. The summed E-state index contributed by atoms with van der Waals surface area (Å²) in [7, 11) is 1.99. The summed E-state index contributed by atoms with van der Waals surface area (Å²) in [6.45, 7) is 6.34. The van der Waals surface area contributed by atoms with Gasteiger partial charge in [0.25, 0.3) is 5.91 Å². The van der Waals surface area contributed by atoms with Gasteiger partial charge in [-0.25, -0.2) is 0 Å². The van der Waals surface area contributed by atoms with E-state index in [2.05, 4.69) is 30.6 Å². The Balaban J connectivity index is 1.60. The summed E-state index contributed by atoms with van der Waals surface area (Å²) in [6, 6.07) is 11.0. The van der Waals surface area contributed by atoms with Gasteiger partial charge >= 0.3 is 0 Å². The van der Waals surface area contributed by atoms with Gasteiger partial charge in [0.1, 0.15) is 0 Å². The first-order valence-corrected chi connectivity index (χ1v) is 8.63. The molecule has 0 aliphatic carbocycles. The van der Waals surface area contributed by atoms with Crippen LogP contribution in [0.1, 0.15) is 46.3 Å². The summed E-state index contributed by atoms with van der Waals surface area (Å²) in [4.78, 5) is 18.7. The van der Waals surface area contributed by atoms with E-state index in [4.69, 9.17) is 4.52 Å². The van der Waals surface area contributed by atoms with Crippen molar-refractivity contribution in [3.63, 3.8) is 0 Å². The van der Waals surface area contributed by atoms with Crippen LogP contribution in [0.4, 0.5) is 5.82 Å². The first-order valence-electron chi connectivity index (χ1n) is 8.63. The van der Waals surface area contributed by atoms with Crippen molar-refractivity contribution in [2.24, 2.45) is 0 Å². The summed E-state index contributed by atoms with van der Waals surface area (Å²) in [5.74, 6) is 1.42. The van der Waals surface area contributed by atoms with E-state index in [1.54, 1.807) is 31.2 Å². The molecule has 0 radical (unpaired) electrons. The van der Waals surface area contributed by atoms with E-state index in [1.807, 2.05) is 33.0 Å². The lowest BCUT2D eigenvalue weighted by Gasteiger charge is -2.21. The Morgan fingerprint density at radius 2 is 1.89 bits per heavy atom. The molecule has 2 aromatic heterocycles. The Bertz CT molecular complexity index is 905. The largest absolute Gasteiger partial charge is 0.338 e. The Labute approximate surface area is 157 Å². The van der Waals surface area contributed by atoms with Gasteiger partial charge in [0, 0.05) is 12.1 Å². The molecule has 2 heterocycles. The maximum absolute atomic E-state index is 12.3. The average Bonchev–Trinajstić information content (AvgIpc) is 3.10. The van der Waals surface area contributed by atoms with Gasteiger partial charge in [-0.05, 0) is 57.6 Å². The third kappa shape index (κ3) is 4.73. The second kappa shape index (κ2) is 8.05. The Hall–Kier alpha value is -3.13. The van der Waals surface area contributed by atoms with Crippen LogP contribution in [0.3, 0.4) is 0 Å². The number of amides is 1. The number of carbonyl (C=O) groups is 1. The van der Waals surface area contributed by atoms with Gasteiger partial charge < -0.3 is 9.84 Å². The molecule has 0 bridgehead atoms. The van der Waals surface area contributed by atoms with Crippen LogP contribution < -0.4 is 5.32 Å². The van der Waals surface area contributed by atoms with E-state index in [-0.39, 0.29) is 11.9 Å². The predicted octanol–water partition coefficient (Wildman–Crippen LogP) is 2.92. The number of benzene rings is 1. The fourth-order valence-corrected chi connectivity index (χ4v) is 2.51. The van der Waals surface area contributed by atoms with Crippen molar-refractivity contribution >= 4 is 11.7 Å². The number of aromatic nitrogens is 4. The minimum absolute atomic E-state index is 0.00529. The fourth-order valence-electron chi connectivity index (χ4n) is 2.51. The van der Waals surface area contributed by atoms with Crippen molar-refractivity contribution in [2.75, 3.05) is 12.4 Å². The van der Waals surface area contributed by atoms with Gasteiger partial charge in [-0.2, -0.15) is 10.1 Å². The predicted molar refractivity (Wildman–Crippen MR) is 100 cm³/mol. The second-order valence-electron chi connectivity index (χ2n) is 6.48. The quantitative estimate of drug-likeness (QED) is 0.716. The molecule has 27 heavy (non-hydrogen) atoms. The Morgan fingerprint density at radius 3 is 2.48 bits per heavy atom. The molecule has 0 aliphatic heterocycles. The van der Waals surface area contributed by atoms with E-state index in [9.17, 15) is 4.79 Å². The monoisotopic (exact) mass is 366 g/mol. The van der Waals surface area contributed by atoms with Crippen LogP contribution in [0, 0.1) is 13.8 Å². The zero-order valence-corrected chi connectivity index (χ0v) is 15.8. The molecule has 1 atom stereocenters. The summed E-state index contributed by atoms with van der Waals surface area (Å²) >= 11 is 0. The molecule has 8 heteroatoms. The van der Waals surface area contributed by atoms with E-state index in [0.29, 0.717) is 29.6 Å². The maximum atomic E-state index is 12.3. The van der Waals surface area contributed by atoms with Gasteiger partial charge in [0.05, 0.1) is 11.7 Å². The third-order valence-electron chi connectivity index (χ3n) is 4.25. The molecule has 1 amide bonds. The number of hydrogen-bond acceptors (Lipinski definition) is 7. The van der Waals surface area contributed by atoms with Crippen LogP contribution in [0.5, 0.6) is 0 Å². The summed E-state index contributed by atoms with van der Waals surface area (Å²) in [6.07, 6.45) is 0. The van der Waals surface area contributed by atoms with Crippen LogP contribution in [0.15, 0.2) is 40.9 Å². The number of carbonyl (C=O) groups excluding carboxylic acids is 1. The molecule has 0 aliphatic rings. The molecule has 1 aromatic carbocycles. The standard InChI is InChI=1S/C19H22N6O2/c1-12-5-10-17(23-22-12)21-18(26)16-8-6-15(7-9-16)11-25(4)13(2)19-20-14(3)24-27-19/h5-10,13H,11H2,1-4H3,(H,21,23,26).